The molecule has 192 valence electrons. The molecule has 0 amide bonds. The van der Waals surface area contributed by atoms with Crippen LogP contribution in [0, 0.1) is 30.6 Å². The highest BCUT2D eigenvalue weighted by Crippen LogP contribution is 2.38. The number of nitriles is 1. The number of thioether (sulfide) groups is 1. The lowest BCUT2D eigenvalue weighted by Crippen LogP contribution is -2.04. The molecule has 0 radical (unpaired) electrons. The molecule has 36 heavy (non-hydrogen) atoms. The molecule has 0 saturated heterocycles. The van der Waals surface area contributed by atoms with Crippen LogP contribution in [0.3, 0.4) is 0 Å². The highest BCUT2D eigenvalue weighted by molar-refractivity contribution is 7.98. The highest BCUT2D eigenvalue weighted by Gasteiger charge is 2.22. The van der Waals surface area contributed by atoms with Gasteiger partial charge in [-0.2, -0.15) is 5.26 Å². The average Bonchev–Trinajstić information content (AvgIpc) is 2.90. The fourth-order valence-corrected chi connectivity index (χ4v) is 3.65. The molecule has 2 N–H and O–H groups in total. The monoisotopic (exact) mass is 502 g/mol. The van der Waals surface area contributed by atoms with Crippen molar-refractivity contribution in [3.8, 4) is 6.07 Å². The van der Waals surface area contributed by atoms with Crippen LogP contribution in [0.25, 0.3) is 11.1 Å². The van der Waals surface area contributed by atoms with Crippen LogP contribution in [-0.4, -0.2) is 23.3 Å². The summed E-state index contributed by atoms with van der Waals surface area (Å²) < 4.78 is 0. The van der Waals surface area contributed by atoms with E-state index in [-0.39, 0.29) is 5.92 Å². The Labute approximate surface area is 223 Å². The summed E-state index contributed by atoms with van der Waals surface area (Å²) in [6.45, 7) is 15.0. The van der Waals surface area contributed by atoms with E-state index in [1.54, 1.807) is 11.8 Å². The summed E-state index contributed by atoms with van der Waals surface area (Å²) in [5.74, 6) is 0.0170. The van der Waals surface area contributed by atoms with Gasteiger partial charge in [0.25, 0.3) is 0 Å². The third-order valence-electron chi connectivity index (χ3n) is 5.92. The number of pyridine rings is 2. The molecule has 0 aliphatic carbocycles. The van der Waals surface area contributed by atoms with Crippen molar-refractivity contribution in [2.75, 3.05) is 13.3 Å². The molecule has 2 heterocycles. The summed E-state index contributed by atoms with van der Waals surface area (Å²) in [7, 11) is 1.50. The first-order chi connectivity index (χ1) is 17.1. The smallest absolute Gasteiger partial charge is 0.100 e. The van der Waals surface area contributed by atoms with Crippen molar-refractivity contribution in [2.24, 2.45) is 11.1 Å². The molecule has 1 unspecified atom stereocenters. The molecule has 3 aromatic rings. The lowest BCUT2D eigenvalue weighted by atomic mass is 9.84. The summed E-state index contributed by atoms with van der Waals surface area (Å²) in [5, 5.41) is 10.2. The van der Waals surface area contributed by atoms with Gasteiger partial charge < -0.3 is 5.73 Å². The zero-order chi connectivity index (χ0) is 27.3. The molecule has 5 heteroatoms. The van der Waals surface area contributed by atoms with Crippen molar-refractivity contribution in [3.63, 3.8) is 0 Å². The summed E-state index contributed by atoms with van der Waals surface area (Å²) in [5.41, 5.74) is 11.3. The van der Waals surface area contributed by atoms with Crippen molar-refractivity contribution in [3.05, 3.63) is 89.0 Å². The predicted octanol–water partition coefficient (Wildman–Crippen LogP) is 8.07. The van der Waals surface area contributed by atoms with Gasteiger partial charge in [0.15, 0.2) is 0 Å². The van der Waals surface area contributed by atoms with Crippen LogP contribution in [0.4, 0.5) is 0 Å². The Kier molecular flexibility index (Phi) is 13.2. The van der Waals surface area contributed by atoms with E-state index in [0.29, 0.717) is 11.0 Å². The van der Waals surface area contributed by atoms with Crippen LogP contribution in [0.1, 0.15) is 75.0 Å². The maximum absolute atomic E-state index is 10.2. The number of hydrogen-bond donors (Lipinski definition) is 1. The molecule has 2 aromatic heterocycles. The van der Waals surface area contributed by atoms with Gasteiger partial charge in [-0.3, -0.25) is 9.97 Å². The Bertz CT molecular complexity index is 1140. The average molecular weight is 503 g/mol. The van der Waals surface area contributed by atoms with E-state index in [0.717, 1.165) is 38.5 Å². The molecule has 0 fully saturated rings. The number of nitrogens with zero attached hydrogens (tertiary/aromatic N) is 3. The molecule has 1 atom stereocenters. The van der Waals surface area contributed by atoms with E-state index in [1.807, 2.05) is 62.8 Å². The number of allylic oxidation sites excluding steroid dienone is 2. The second-order valence-corrected chi connectivity index (χ2v) is 10.6. The van der Waals surface area contributed by atoms with Crippen LogP contribution in [0.2, 0.25) is 0 Å². The van der Waals surface area contributed by atoms with Gasteiger partial charge in [-0.15, -0.1) is 11.8 Å². The van der Waals surface area contributed by atoms with E-state index in [4.69, 9.17) is 4.98 Å². The van der Waals surface area contributed by atoms with Gasteiger partial charge in [0.1, 0.15) is 6.07 Å². The van der Waals surface area contributed by atoms with Crippen LogP contribution >= 0.6 is 11.8 Å². The molecule has 1 aromatic carbocycles. The molecule has 3 rings (SSSR count). The molecule has 0 aliphatic rings. The number of aryl methyl sites for hydroxylation is 2. The van der Waals surface area contributed by atoms with Crippen LogP contribution in [-0.2, 0) is 0 Å². The molecule has 0 spiro atoms. The van der Waals surface area contributed by atoms with Crippen molar-refractivity contribution in [1.82, 2.24) is 9.97 Å². The maximum atomic E-state index is 10.2. The van der Waals surface area contributed by atoms with E-state index >= 15 is 0 Å². The molecule has 0 aliphatic heterocycles. The first kappa shape index (κ1) is 31.1. The van der Waals surface area contributed by atoms with Gasteiger partial charge in [-0.1, -0.05) is 71.4 Å². The van der Waals surface area contributed by atoms with Crippen molar-refractivity contribution < 1.29 is 0 Å². The summed E-state index contributed by atoms with van der Waals surface area (Å²) >= 11 is 1.66. The Morgan fingerprint density at radius 1 is 1.03 bits per heavy atom. The SMILES string of the molecule is CCC(C)(C)C.CN.CSc1ccc(/C(=C(\C#N)c2cc(C)cnc2C)C(C)c2ccccc2)nc1. The van der Waals surface area contributed by atoms with Crippen molar-refractivity contribution in [1.29, 1.82) is 5.26 Å². The molecule has 0 bridgehead atoms. The number of rotatable bonds is 5. The molecular formula is C31H42N4S. The van der Waals surface area contributed by atoms with Gasteiger partial charge in [0.05, 0.1) is 11.3 Å². The highest BCUT2D eigenvalue weighted by atomic mass is 32.2. The minimum atomic E-state index is 0.0170. The summed E-state index contributed by atoms with van der Waals surface area (Å²) in [4.78, 5) is 10.3. The van der Waals surface area contributed by atoms with Crippen LogP contribution in [0.5, 0.6) is 0 Å². The number of hydrogen-bond acceptors (Lipinski definition) is 5. The van der Waals surface area contributed by atoms with E-state index in [9.17, 15) is 5.26 Å². The predicted molar refractivity (Wildman–Crippen MR) is 157 cm³/mol. The Morgan fingerprint density at radius 2 is 1.64 bits per heavy atom. The van der Waals surface area contributed by atoms with Gasteiger partial charge in [-0.05, 0) is 61.9 Å². The Morgan fingerprint density at radius 3 is 2.11 bits per heavy atom. The second kappa shape index (κ2) is 15.2. The quantitative estimate of drug-likeness (QED) is 0.282. The number of benzene rings is 1. The van der Waals surface area contributed by atoms with Crippen molar-refractivity contribution in [2.45, 2.75) is 65.7 Å². The first-order valence-electron chi connectivity index (χ1n) is 12.3. The third-order valence-corrected chi connectivity index (χ3v) is 6.63. The lowest BCUT2D eigenvalue weighted by molar-refractivity contribution is 0.398. The maximum Gasteiger partial charge on any atom is 0.100 e. The molecular weight excluding hydrogens is 460 g/mol. The fourth-order valence-electron chi connectivity index (χ4n) is 3.29. The summed E-state index contributed by atoms with van der Waals surface area (Å²) in [6, 6.07) is 18.8. The zero-order valence-electron chi connectivity index (χ0n) is 23.4. The number of aromatic nitrogens is 2. The normalized spacial score (nSPS) is 12.1. The topological polar surface area (TPSA) is 75.6 Å². The standard InChI is InChI=1S/C24H23N3S.C6H14.CH5N/c1-16-12-21(18(3)26-14-16)22(13-25)24(17(2)19-8-6-5-7-9-19)23-11-10-20(28-4)15-27-23;1-5-6(2,3)4;1-2/h5-12,14-15,17H,1-4H3;5H2,1-4H3;2H2,1H3/b24-22+;;. The van der Waals surface area contributed by atoms with E-state index in [1.165, 1.54) is 13.5 Å². The van der Waals surface area contributed by atoms with Gasteiger partial charge in [0, 0.05) is 40.0 Å². The lowest BCUT2D eigenvalue weighted by Gasteiger charge is -2.20. The largest absolute Gasteiger partial charge is 0.333 e. The Balaban J connectivity index is 0.000000710. The van der Waals surface area contributed by atoms with Gasteiger partial charge in [0.2, 0.25) is 0 Å². The Hall–Kier alpha value is -2.94. The zero-order valence-corrected chi connectivity index (χ0v) is 24.2. The van der Waals surface area contributed by atoms with E-state index in [2.05, 4.69) is 69.6 Å². The minimum absolute atomic E-state index is 0.0170. The van der Waals surface area contributed by atoms with Crippen LogP contribution in [0.15, 0.2) is 65.8 Å². The minimum Gasteiger partial charge on any atom is -0.333 e. The van der Waals surface area contributed by atoms with Gasteiger partial charge >= 0.3 is 0 Å². The van der Waals surface area contributed by atoms with Gasteiger partial charge in [-0.25, -0.2) is 0 Å². The fraction of sp³-hybridized carbons (Fsp3) is 0.387. The second-order valence-electron chi connectivity index (χ2n) is 9.68. The third kappa shape index (κ3) is 9.26. The van der Waals surface area contributed by atoms with Crippen molar-refractivity contribution >= 4 is 22.9 Å². The van der Waals surface area contributed by atoms with Crippen LogP contribution < -0.4 is 5.73 Å². The number of nitrogens with two attached hydrogens (primary N) is 1. The molecule has 0 saturated carbocycles. The summed E-state index contributed by atoms with van der Waals surface area (Å²) in [6.07, 6.45) is 7.00. The molecule has 4 nitrogen and oxygen atoms in total. The first-order valence-corrected chi connectivity index (χ1v) is 13.5. The van der Waals surface area contributed by atoms with E-state index < -0.39 is 0 Å².